The number of benzene rings is 10. The van der Waals surface area contributed by atoms with E-state index in [0.29, 0.717) is 16.7 Å². The lowest BCUT2D eigenvalue weighted by Crippen LogP contribution is -2.10. The minimum atomic E-state index is -0.723. The van der Waals surface area contributed by atoms with Crippen LogP contribution < -0.4 is 4.90 Å². The van der Waals surface area contributed by atoms with Gasteiger partial charge in [0.15, 0.2) is 0 Å². The number of anilines is 3. The first-order valence-corrected chi connectivity index (χ1v) is 17.9. The Morgan fingerprint density at radius 1 is 0.291 bits per heavy atom. The van der Waals surface area contributed by atoms with Gasteiger partial charge in [-0.05, 0) is 131 Å². The van der Waals surface area contributed by atoms with Crippen molar-refractivity contribution in [2.24, 2.45) is 0 Å². The topological polar surface area (TPSA) is 3.24 Å². The maximum atomic E-state index is 9.79. The Morgan fingerprint density at radius 3 is 1.58 bits per heavy atom. The molecule has 1 nitrogen and oxygen atoms in total. The third kappa shape index (κ3) is 6.33. The fourth-order valence-electron chi connectivity index (χ4n) is 7.05. The van der Waals surface area contributed by atoms with Gasteiger partial charge in [0.05, 0.1) is 16.4 Å². The van der Waals surface area contributed by atoms with Crippen LogP contribution in [-0.2, 0) is 0 Å². The molecule has 10 rings (SSSR count). The molecule has 0 saturated carbocycles. The van der Waals surface area contributed by atoms with Gasteiger partial charge in [-0.15, -0.1) is 0 Å². The first kappa shape index (κ1) is 22.1. The summed E-state index contributed by atoms with van der Waals surface area (Å²) >= 11 is 0. The van der Waals surface area contributed by atoms with Crippen molar-refractivity contribution in [3.63, 3.8) is 0 Å². The van der Waals surface area contributed by atoms with Gasteiger partial charge >= 0.3 is 0 Å². The van der Waals surface area contributed by atoms with Crippen molar-refractivity contribution in [2.45, 2.75) is 0 Å². The lowest BCUT2D eigenvalue weighted by molar-refractivity contribution is 1.28. The summed E-state index contributed by atoms with van der Waals surface area (Å²) in [4.78, 5) is 0.897. The van der Waals surface area contributed by atoms with Gasteiger partial charge in [-0.2, -0.15) is 0 Å². The summed E-state index contributed by atoms with van der Waals surface area (Å²) in [5.74, 6) is 0. The van der Waals surface area contributed by atoms with E-state index in [1.54, 1.807) is 48.5 Å². The molecule has 0 aliphatic heterocycles. The molecule has 0 radical (unpaired) electrons. The van der Waals surface area contributed by atoms with E-state index in [2.05, 4.69) is 0 Å². The zero-order valence-electron chi connectivity index (χ0n) is 41.4. The van der Waals surface area contributed by atoms with Gasteiger partial charge in [-0.3, -0.25) is 0 Å². The molecule has 0 bridgehead atoms. The Hall–Kier alpha value is -7.22. The van der Waals surface area contributed by atoms with E-state index in [1.807, 2.05) is 103 Å². The van der Waals surface area contributed by atoms with Crippen molar-refractivity contribution in [1.82, 2.24) is 0 Å². The molecule has 0 spiro atoms. The highest BCUT2D eigenvalue weighted by Gasteiger charge is 2.15. The summed E-state index contributed by atoms with van der Waals surface area (Å²) in [7, 11) is 0. The van der Waals surface area contributed by atoms with Crippen LogP contribution in [0.1, 0.15) is 16.4 Å². The van der Waals surface area contributed by atoms with E-state index >= 15 is 0 Å². The largest absolute Gasteiger partial charge is 0.310 e. The van der Waals surface area contributed by atoms with Gasteiger partial charge in [-0.1, -0.05) is 170 Å². The van der Waals surface area contributed by atoms with Gasteiger partial charge in [0.2, 0.25) is 0 Å². The number of hydrogen-bond acceptors (Lipinski definition) is 1. The average molecular weight is 712 g/mol. The van der Waals surface area contributed by atoms with E-state index in [9.17, 15) is 13.7 Å². The molecule has 0 atom stereocenters. The summed E-state index contributed by atoms with van der Waals surface area (Å²) in [5, 5.41) is 5.39. The summed E-state index contributed by atoms with van der Waals surface area (Å²) in [5.41, 5.74) is 0.911. The summed E-state index contributed by atoms with van der Waals surface area (Å²) in [6.45, 7) is 0. The van der Waals surface area contributed by atoms with E-state index in [1.165, 1.54) is 0 Å². The number of fused-ring (bicyclic) bond motifs is 4. The molecule has 258 valence electrons. The van der Waals surface area contributed by atoms with Gasteiger partial charge in [0.1, 0.15) is 0 Å². The van der Waals surface area contributed by atoms with Crippen molar-refractivity contribution < 1.29 is 16.4 Å². The smallest absolute Gasteiger partial charge is 0.0651 e. The van der Waals surface area contributed by atoms with E-state index in [4.69, 9.17) is 2.74 Å². The Morgan fingerprint density at radius 2 is 0.818 bits per heavy atom. The van der Waals surface area contributed by atoms with Crippen molar-refractivity contribution >= 4 is 49.4 Å². The lowest BCUT2D eigenvalue weighted by Gasteiger charge is -2.26. The zero-order chi connectivity index (χ0) is 47.0. The molecule has 0 saturated heterocycles. The third-order valence-corrected chi connectivity index (χ3v) is 9.84. The Labute approximate surface area is 338 Å². The maximum Gasteiger partial charge on any atom is 0.0651 e. The molecule has 0 amide bonds. The van der Waals surface area contributed by atoms with Crippen molar-refractivity contribution in [3.8, 4) is 44.5 Å². The molecular weight excluding hydrogens is 663 g/mol. The Kier molecular flexibility index (Phi) is 5.61. The predicted molar refractivity (Wildman–Crippen MR) is 235 cm³/mol. The van der Waals surface area contributed by atoms with E-state index in [0.717, 1.165) is 48.3 Å². The van der Waals surface area contributed by atoms with Gasteiger partial charge in [-0.25, -0.2) is 0 Å². The third-order valence-electron chi connectivity index (χ3n) is 9.84. The molecule has 10 aromatic carbocycles. The quantitative estimate of drug-likeness (QED) is 0.149. The van der Waals surface area contributed by atoms with Crippen LogP contribution in [0.4, 0.5) is 17.1 Å². The van der Waals surface area contributed by atoms with Gasteiger partial charge in [0, 0.05) is 17.1 Å². The van der Waals surface area contributed by atoms with Crippen LogP contribution in [0.25, 0.3) is 76.8 Å². The van der Waals surface area contributed by atoms with Crippen LogP contribution in [0, 0.1) is 0 Å². The van der Waals surface area contributed by atoms with Crippen molar-refractivity contribution in [3.05, 3.63) is 224 Å². The number of rotatable bonds is 7. The second-order valence-electron chi connectivity index (χ2n) is 13.2. The lowest BCUT2D eigenvalue weighted by atomic mass is 9.97. The minimum Gasteiger partial charge on any atom is -0.310 e. The number of nitrogens with zero attached hydrogens (tertiary/aromatic N) is 1. The summed E-state index contributed by atoms with van der Waals surface area (Å²) in [6, 6.07) is 39.3. The Balaban J connectivity index is 1.25. The van der Waals surface area contributed by atoms with Crippen LogP contribution >= 0.6 is 0 Å². The molecule has 0 aliphatic rings. The summed E-state index contributed by atoms with van der Waals surface area (Å²) in [6.07, 6.45) is 0. The highest BCUT2D eigenvalue weighted by Crippen LogP contribution is 2.39. The first-order valence-electron chi connectivity index (χ1n) is 23.9. The normalized spacial score (nSPS) is 14.3. The van der Waals surface area contributed by atoms with Crippen LogP contribution in [0.15, 0.2) is 224 Å². The molecule has 0 fully saturated rings. The highest BCUT2D eigenvalue weighted by atomic mass is 15.1. The molecule has 0 N–H and O–H groups in total. The second kappa shape index (κ2) is 14.0. The Bertz CT molecular complexity index is 3630. The standard InChI is InChI=1S/C54H37N/c1-2-10-38(11-3-1)44-15-8-16-45(34-44)40-24-29-50(30-25-40)55(52-18-9-17-46(37-52)48-22-20-39-12-4-5-14-43(39)35-48)51-31-26-41(27-32-51)47-28-33-54-49(36-47)23-21-42-13-6-7-19-53(42)54/h1-37H/i9D,17D,18D,24D,25D,26D,27D,29D,30D,31D,32D,37D. The zero-order valence-corrected chi connectivity index (χ0v) is 29.4. The highest BCUT2D eigenvalue weighted by molar-refractivity contribution is 6.08. The fraction of sp³-hybridized carbons (Fsp3) is 0. The van der Waals surface area contributed by atoms with Crippen molar-refractivity contribution in [2.75, 3.05) is 4.90 Å². The number of hydrogen-bond donors (Lipinski definition) is 0. The molecule has 1 heteroatoms. The van der Waals surface area contributed by atoms with Crippen LogP contribution in [0.2, 0.25) is 0 Å². The molecule has 55 heavy (non-hydrogen) atoms. The fourth-order valence-corrected chi connectivity index (χ4v) is 7.05. The molecule has 0 aliphatic carbocycles. The van der Waals surface area contributed by atoms with Crippen LogP contribution in [0.3, 0.4) is 0 Å². The second-order valence-corrected chi connectivity index (χ2v) is 13.2. The van der Waals surface area contributed by atoms with E-state index in [-0.39, 0.29) is 16.7 Å². The first-order chi connectivity index (χ1) is 32.3. The minimum absolute atomic E-state index is 0.0429. The molecule has 0 heterocycles. The monoisotopic (exact) mass is 711 g/mol. The maximum absolute atomic E-state index is 9.79. The molecule has 0 unspecified atom stereocenters. The van der Waals surface area contributed by atoms with Crippen LogP contribution in [0.5, 0.6) is 0 Å². The average Bonchev–Trinajstić information content (AvgIpc) is 3.35. The van der Waals surface area contributed by atoms with Crippen molar-refractivity contribution in [1.29, 1.82) is 0 Å². The predicted octanol–water partition coefficient (Wildman–Crippen LogP) is 15.3. The van der Waals surface area contributed by atoms with Crippen LogP contribution in [-0.4, -0.2) is 0 Å². The SMILES string of the molecule is [2H]c1c([2H])c(-c2ccc3ccccc3c2)c([2H])c(N(c2c([2H])c([2H])c(-c3cccc(-c4ccccc4)c3)c([2H])c2[2H])c2c([2H])c([2H])c(-c3ccc4c(ccc5ccccc54)c3)c([2H])c2[2H])c1[2H]. The van der Waals surface area contributed by atoms with Gasteiger partial charge < -0.3 is 4.90 Å². The van der Waals surface area contributed by atoms with E-state index < -0.39 is 89.6 Å². The van der Waals surface area contributed by atoms with Gasteiger partial charge in [0.25, 0.3) is 0 Å². The molecular formula is C54H37N. The molecule has 10 aromatic rings. The molecule has 0 aromatic heterocycles. The summed E-state index contributed by atoms with van der Waals surface area (Å²) < 4.78 is 114.